The van der Waals surface area contributed by atoms with Crippen molar-refractivity contribution in [3.63, 3.8) is 0 Å². The van der Waals surface area contributed by atoms with Crippen LogP contribution in [0.4, 0.5) is 4.39 Å². The van der Waals surface area contributed by atoms with Crippen LogP contribution in [0.1, 0.15) is 18.1 Å². The Labute approximate surface area is 138 Å². The summed E-state index contributed by atoms with van der Waals surface area (Å²) in [5.74, 6) is -0.207. The van der Waals surface area contributed by atoms with Gasteiger partial charge in [-0.3, -0.25) is 0 Å². The van der Waals surface area contributed by atoms with Gasteiger partial charge in [-0.2, -0.15) is 0 Å². The maximum Gasteiger partial charge on any atom is 0.124 e. The predicted octanol–water partition coefficient (Wildman–Crippen LogP) is 5.00. The van der Waals surface area contributed by atoms with Gasteiger partial charge in [-0.1, -0.05) is 46.6 Å². The average Bonchev–Trinajstić information content (AvgIpc) is 2.40. The maximum atomic E-state index is 13.5. The molecule has 0 aromatic heterocycles. The van der Waals surface area contributed by atoms with Crippen molar-refractivity contribution in [2.24, 2.45) is 0 Å². The molecule has 1 unspecified atom stereocenters. The van der Waals surface area contributed by atoms with Gasteiger partial charge >= 0.3 is 0 Å². The summed E-state index contributed by atoms with van der Waals surface area (Å²) in [6, 6.07) is 13.2. The second-order valence-electron chi connectivity index (χ2n) is 5.07. The van der Waals surface area contributed by atoms with Gasteiger partial charge in [0.05, 0.1) is 0 Å². The highest BCUT2D eigenvalue weighted by Crippen LogP contribution is 2.18. The first kappa shape index (κ1) is 16.5. The van der Waals surface area contributed by atoms with E-state index in [1.807, 2.05) is 30.3 Å². The van der Waals surface area contributed by atoms with E-state index in [0.717, 1.165) is 34.4 Å². The van der Waals surface area contributed by atoms with Crippen molar-refractivity contribution in [2.45, 2.75) is 25.8 Å². The molecule has 2 aromatic carbocycles. The first-order chi connectivity index (χ1) is 10.1. The number of likely N-dealkylation sites (N-methyl/N-ethyl adjacent to an activating group) is 1. The van der Waals surface area contributed by atoms with E-state index in [2.05, 4.69) is 28.2 Å². The SMILES string of the molecule is CCNC(Cc1ccc(Cl)cc1)Cc1cc(F)cc(Br)c1. The molecule has 0 heterocycles. The molecule has 0 aliphatic heterocycles. The summed E-state index contributed by atoms with van der Waals surface area (Å²) >= 11 is 9.25. The van der Waals surface area contributed by atoms with Crippen LogP contribution in [0.25, 0.3) is 0 Å². The Hall–Kier alpha value is -0.900. The lowest BCUT2D eigenvalue weighted by molar-refractivity contribution is 0.519. The van der Waals surface area contributed by atoms with Gasteiger partial charge in [-0.15, -0.1) is 0 Å². The van der Waals surface area contributed by atoms with Gasteiger partial charge in [0.15, 0.2) is 0 Å². The Bertz CT molecular complexity index is 566. The monoisotopic (exact) mass is 369 g/mol. The van der Waals surface area contributed by atoms with E-state index in [9.17, 15) is 4.39 Å². The van der Waals surface area contributed by atoms with Crippen LogP contribution in [-0.4, -0.2) is 12.6 Å². The molecule has 0 bridgehead atoms. The fourth-order valence-corrected chi connectivity index (χ4v) is 3.06. The fourth-order valence-electron chi connectivity index (χ4n) is 2.42. The summed E-state index contributed by atoms with van der Waals surface area (Å²) in [6.07, 6.45) is 1.67. The molecule has 0 aliphatic carbocycles. The van der Waals surface area contributed by atoms with Gasteiger partial charge in [0.1, 0.15) is 5.82 Å². The molecule has 1 N–H and O–H groups in total. The van der Waals surface area contributed by atoms with Gasteiger partial charge in [-0.25, -0.2) is 4.39 Å². The zero-order chi connectivity index (χ0) is 15.2. The molecular formula is C17H18BrClFN. The Morgan fingerprint density at radius 3 is 2.38 bits per heavy atom. The molecule has 0 fully saturated rings. The van der Waals surface area contributed by atoms with Crippen molar-refractivity contribution in [2.75, 3.05) is 6.54 Å². The maximum absolute atomic E-state index is 13.5. The molecular weight excluding hydrogens is 353 g/mol. The topological polar surface area (TPSA) is 12.0 Å². The molecule has 112 valence electrons. The molecule has 4 heteroatoms. The number of hydrogen-bond acceptors (Lipinski definition) is 1. The largest absolute Gasteiger partial charge is 0.314 e. The van der Waals surface area contributed by atoms with Crippen LogP contribution >= 0.6 is 27.5 Å². The van der Waals surface area contributed by atoms with Crippen LogP contribution in [0.15, 0.2) is 46.9 Å². The summed E-state index contributed by atoms with van der Waals surface area (Å²) in [4.78, 5) is 0. The second kappa shape index (κ2) is 7.92. The lowest BCUT2D eigenvalue weighted by atomic mass is 9.99. The first-order valence-corrected chi connectivity index (χ1v) is 8.16. The van der Waals surface area contributed by atoms with E-state index < -0.39 is 0 Å². The van der Waals surface area contributed by atoms with Crippen molar-refractivity contribution in [1.82, 2.24) is 5.32 Å². The van der Waals surface area contributed by atoms with E-state index >= 15 is 0 Å². The van der Waals surface area contributed by atoms with E-state index in [-0.39, 0.29) is 11.9 Å². The van der Waals surface area contributed by atoms with Crippen LogP contribution in [-0.2, 0) is 12.8 Å². The van der Waals surface area contributed by atoms with Crippen LogP contribution in [0.2, 0.25) is 5.02 Å². The summed E-state index contributed by atoms with van der Waals surface area (Å²) < 4.78 is 14.2. The number of rotatable bonds is 6. The van der Waals surface area contributed by atoms with Crippen molar-refractivity contribution < 1.29 is 4.39 Å². The van der Waals surface area contributed by atoms with E-state index in [1.54, 1.807) is 6.07 Å². The van der Waals surface area contributed by atoms with Gasteiger partial charge < -0.3 is 5.32 Å². The van der Waals surface area contributed by atoms with Gasteiger partial charge in [-0.05, 0) is 60.8 Å². The van der Waals surface area contributed by atoms with Crippen LogP contribution in [0.5, 0.6) is 0 Å². The van der Waals surface area contributed by atoms with Crippen molar-refractivity contribution in [3.8, 4) is 0 Å². The Kier molecular flexibility index (Phi) is 6.22. The third-order valence-corrected chi connectivity index (χ3v) is 4.00. The first-order valence-electron chi connectivity index (χ1n) is 6.99. The highest BCUT2D eigenvalue weighted by atomic mass is 79.9. The highest BCUT2D eigenvalue weighted by molar-refractivity contribution is 9.10. The highest BCUT2D eigenvalue weighted by Gasteiger charge is 2.11. The number of hydrogen-bond donors (Lipinski definition) is 1. The molecule has 1 atom stereocenters. The zero-order valence-corrected chi connectivity index (χ0v) is 14.2. The smallest absolute Gasteiger partial charge is 0.124 e. The average molecular weight is 371 g/mol. The van der Waals surface area contributed by atoms with Crippen LogP contribution in [0, 0.1) is 5.82 Å². The molecule has 0 aliphatic rings. The quantitative estimate of drug-likeness (QED) is 0.754. The number of nitrogens with one attached hydrogen (secondary N) is 1. The normalized spacial score (nSPS) is 12.4. The van der Waals surface area contributed by atoms with Crippen LogP contribution in [0.3, 0.4) is 0 Å². The molecule has 0 spiro atoms. The summed E-state index contributed by atoms with van der Waals surface area (Å²) in [5, 5.41) is 4.21. The van der Waals surface area contributed by atoms with Crippen LogP contribution < -0.4 is 5.32 Å². The molecule has 0 radical (unpaired) electrons. The molecule has 2 aromatic rings. The number of halogens is 3. The van der Waals surface area contributed by atoms with Gasteiger partial charge in [0, 0.05) is 15.5 Å². The molecule has 0 amide bonds. The Morgan fingerprint density at radius 2 is 1.76 bits per heavy atom. The molecule has 1 nitrogen and oxygen atoms in total. The summed E-state index contributed by atoms with van der Waals surface area (Å²) in [6.45, 7) is 2.96. The fraction of sp³-hybridized carbons (Fsp3) is 0.294. The van der Waals surface area contributed by atoms with Gasteiger partial charge in [0.2, 0.25) is 0 Å². The molecule has 0 saturated heterocycles. The molecule has 21 heavy (non-hydrogen) atoms. The minimum absolute atomic E-state index is 0.207. The Morgan fingerprint density at radius 1 is 1.10 bits per heavy atom. The van der Waals surface area contributed by atoms with Crippen molar-refractivity contribution in [3.05, 3.63) is 68.9 Å². The second-order valence-corrected chi connectivity index (χ2v) is 6.42. The summed E-state index contributed by atoms with van der Waals surface area (Å²) in [5.41, 5.74) is 2.21. The predicted molar refractivity (Wildman–Crippen MR) is 90.4 cm³/mol. The van der Waals surface area contributed by atoms with E-state index in [4.69, 9.17) is 11.6 Å². The van der Waals surface area contributed by atoms with E-state index in [0.29, 0.717) is 0 Å². The van der Waals surface area contributed by atoms with Crippen molar-refractivity contribution >= 4 is 27.5 Å². The lowest BCUT2D eigenvalue weighted by Crippen LogP contribution is -2.33. The minimum atomic E-state index is -0.207. The number of benzene rings is 2. The minimum Gasteiger partial charge on any atom is -0.314 e. The van der Waals surface area contributed by atoms with E-state index in [1.165, 1.54) is 11.6 Å². The zero-order valence-electron chi connectivity index (χ0n) is 11.9. The summed E-state index contributed by atoms with van der Waals surface area (Å²) in [7, 11) is 0. The third-order valence-electron chi connectivity index (χ3n) is 3.29. The Balaban J connectivity index is 2.09. The third kappa shape index (κ3) is 5.42. The molecule has 0 saturated carbocycles. The lowest BCUT2D eigenvalue weighted by Gasteiger charge is -2.18. The van der Waals surface area contributed by atoms with Crippen molar-refractivity contribution in [1.29, 1.82) is 0 Å². The standard InChI is InChI=1S/C17H18BrClFN/c1-2-21-17(9-12-3-5-15(19)6-4-12)10-13-7-14(18)11-16(20)8-13/h3-8,11,17,21H,2,9-10H2,1H3. The molecule has 2 rings (SSSR count). The van der Waals surface area contributed by atoms with Gasteiger partial charge in [0.25, 0.3) is 0 Å².